The van der Waals surface area contributed by atoms with Gasteiger partial charge in [-0.15, -0.1) is 0 Å². The molecule has 0 radical (unpaired) electrons. The number of fused-ring (bicyclic) bond motifs is 1. The van der Waals surface area contributed by atoms with Crippen molar-refractivity contribution >= 4 is 28.5 Å². The number of hydrogen-bond acceptors (Lipinski definition) is 5. The van der Waals surface area contributed by atoms with Gasteiger partial charge in [-0.25, -0.2) is 4.79 Å². The summed E-state index contributed by atoms with van der Waals surface area (Å²) in [6, 6.07) is 2.98. The first-order chi connectivity index (χ1) is 8.58. The van der Waals surface area contributed by atoms with Gasteiger partial charge < -0.3 is 14.6 Å². The number of methoxy groups -OCH3 is 2. The summed E-state index contributed by atoms with van der Waals surface area (Å²) in [6.45, 7) is 0. The molecule has 0 aliphatic heterocycles. The van der Waals surface area contributed by atoms with Crippen LogP contribution in [0.15, 0.2) is 18.3 Å². The maximum Gasteiger partial charge on any atom is 0.341 e. The fourth-order valence-electron chi connectivity index (χ4n) is 1.62. The molecule has 0 atom stereocenters. The number of nitrogens with zero attached hydrogens (tertiary/aromatic N) is 1. The zero-order valence-corrected chi connectivity index (χ0v) is 10.5. The molecule has 0 amide bonds. The zero-order valence-electron chi connectivity index (χ0n) is 9.73. The van der Waals surface area contributed by atoms with Crippen molar-refractivity contribution < 1.29 is 19.4 Å². The number of esters is 1. The number of carbonyl (C=O) groups is 1. The van der Waals surface area contributed by atoms with Gasteiger partial charge in [-0.1, -0.05) is 11.6 Å². The van der Waals surface area contributed by atoms with E-state index in [1.165, 1.54) is 32.5 Å². The lowest BCUT2D eigenvalue weighted by atomic mass is 10.1. The Morgan fingerprint density at radius 1 is 1.39 bits per heavy atom. The molecule has 2 aromatic rings. The molecule has 0 spiro atoms. The molecule has 1 aromatic carbocycles. The van der Waals surface area contributed by atoms with Gasteiger partial charge in [0.25, 0.3) is 0 Å². The van der Waals surface area contributed by atoms with E-state index in [1.54, 1.807) is 0 Å². The molecule has 18 heavy (non-hydrogen) atoms. The van der Waals surface area contributed by atoms with Gasteiger partial charge in [-0.3, -0.25) is 4.98 Å². The monoisotopic (exact) mass is 267 g/mol. The van der Waals surface area contributed by atoms with Crippen molar-refractivity contribution in [3.05, 3.63) is 28.9 Å². The average molecular weight is 268 g/mol. The number of pyridine rings is 1. The van der Waals surface area contributed by atoms with Gasteiger partial charge in [-0.05, 0) is 6.07 Å². The van der Waals surface area contributed by atoms with Crippen molar-refractivity contribution in [3.63, 3.8) is 0 Å². The van der Waals surface area contributed by atoms with E-state index in [-0.39, 0.29) is 16.3 Å². The van der Waals surface area contributed by atoms with Crippen molar-refractivity contribution in [2.24, 2.45) is 0 Å². The van der Waals surface area contributed by atoms with Gasteiger partial charge in [0.05, 0.1) is 19.7 Å². The van der Waals surface area contributed by atoms with Crippen LogP contribution in [0.5, 0.6) is 11.5 Å². The van der Waals surface area contributed by atoms with Gasteiger partial charge in [0.15, 0.2) is 0 Å². The summed E-state index contributed by atoms with van der Waals surface area (Å²) in [4.78, 5) is 15.6. The van der Waals surface area contributed by atoms with Crippen LogP contribution >= 0.6 is 11.6 Å². The summed E-state index contributed by atoms with van der Waals surface area (Å²) < 4.78 is 9.73. The molecule has 0 aliphatic carbocycles. The molecule has 0 unspecified atom stereocenters. The van der Waals surface area contributed by atoms with Crippen LogP contribution in [0.25, 0.3) is 10.9 Å². The van der Waals surface area contributed by atoms with Gasteiger partial charge >= 0.3 is 5.97 Å². The Morgan fingerprint density at radius 2 is 2.11 bits per heavy atom. The average Bonchev–Trinajstić information content (AvgIpc) is 2.41. The fourth-order valence-corrected chi connectivity index (χ4v) is 1.77. The third-order valence-corrected chi connectivity index (χ3v) is 2.80. The van der Waals surface area contributed by atoms with Crippen molar-refractivity contribution in [2.45, 2.75) is 0 Å². The van der Waals surface area contributed by atoms with Crippen LogP contribution in [0.3, 0.4) is 0 Å². The van der Waals surface area contributed by atoms with Gasteiger partial charge in [0.1, 0.15) is 22.1 Å². The number of ether oxygens (including phenoxy) is 2. The molecule has 0 fully saturated rings. The number of rotatable bonds is 2. The minimum atomic E-state index is -0.562. The van der Waals surface area contributed by atoms with Gasteiger partial charge in [-0.2, -0.15) is 0 Å². The molecular formula is C12H10ClNO4. The smallest absolute Gasteiger partial charge is 0.341 e. The van der Waals surface area contributed by atoms with Crippen LogP contribution < -0.4 is 4.74 Å². The third-order valence-electron chi connectivity index (χ3n) is 2.52. The molecule has 1 N–H and O–H groups in total. The van der Waals surface area contributed by atoms with Crippen molar-refractivity contribution in [1.29, 1.82) is 0 Å². The van der Waals surface area contributed by atoms with E-state index >= 15 is 0 Å². The Labute approximate surface area is 108 Å². The molecular weight excluding hydrogens is 258 g/mol. The molecule has 0 saturated heterocycles. The van der Waals surface area contributed by atoms with Crippen LogP contribution in [0.2, 0.25) is 5.02 Å². The van der Waals surface area contributed by atoms with Crippen LogP contribution in [-0.4, -0.2) is 30.3 Å². The van der Waals surface area contributed by atoms with Gasteiger partial charge in [0.2, 0.25) is 0 Å². The molecule has 0 aliphatic rings. The first-order valence-corrected chi connectivity index (χ1v) is 5.39. The maximum atomic E-state index is 11.6. The quantitative estimate of drug-likeness (QED) is 0.846. The lowest BCUT2D eigenvalue weighted by Crippen LogP contribution is -2.04. The van der Waals surface area contributed by atoms with Crippen LogP contribution in [0, 0.1) is 0 Å². The summed E-state index contributed by atoms with van der Waals surface area (Å²) in [5.74, 6) is -0.369. The Bertz CT molecular complexity index is 627. The fraction of sp³-hybridized carbons (Fsp3) is 0.167. The number of hydrogen-bond donors (Lipinski definition) is 1. The number of aromatic nitrogens is 1. The predicted octanol–water partition coefficient (Wildman–Crippen LogP) is 2.39. The predicted molar refractivity (Wildman–Crippen MR) is 66.3 cm³/mol. The summed E-state index contributed by atoms with van der Waals surface area (Å²) in [6.07, 6.45) is 1.33. The second kappa shape index (κ2) is 4.70. The van der Waals surface area contributed by atoms with E-state index in [9.17, 15) is 9.90 Å². The standard InChI is InChI=1S/C12H10ClNO4/c1-17-10-4-9-6(3-7(10)12(16)18-2)11(15)8(13)5-14-9/h3-5H,1-2H3,(H,14,15). The number of benzene rings is 1. The zero-order chi connectivity index (χ0) is 13.3. The molecule has 2 rings (SSSR count). The van der Waals surface area contributed by atoms with Gasteiger partial charge in [0, 0.05) is 17.6 Å². The van der Waals surface area contributed by atoms with E-state index in [1.807, 2.05) is 0 Å². The summed E-state index contributed by atoms with van der Waals surface area (Å²) in [5.41, 5.74) is 0.674. The minimum absolute atomic E-state index is 0.114. The molecule has 0 bridgehead atoms. The number of aromatic hydroxyl groups is 1. The maximum absolute atomic E-state index is 11.6. The normalized spacial score (nSPS) is 10.4. The first kappa shape index (κ1) is 12.4. The SMILES string of the molecule is COC(=O)c1cc2c(O)c(Cl)cnc2cc1OC. The van der Waals surface area contributed by atoms with E-state index in [0.29, 0.717) is 16.7 Å². The van der Waals surface area contributed by atoms with E-state index < -0.39 is 5.97 Å². The van der Waals surface area contributed by atoms with E-state index in [0.717, 1.165) is 0 Å². The Hall–Kier alpha value is -2.01. The molecule has 0 saturated carbocycles. The Kier molecular flexibility index (Phi) is 3.25. The highest BCUT2D eigenvalue weighted by atomic mass is 35.5. The number of carbonyl (C=O) groups excluding carboxylic acids is 1. The summed E-state index contributed by atoms with van der Waals surface area (Å²) >= 11 is 5.77. The highest BCUT2D eigenvalue weighted by Gasteiger charge is 2.17. The Balaban J connectivity index is 2.78. The molecule has 1 heterocycles. The van der Waals surface area contributed by atoms with E-state index in [2.05, 4.69) is 9.72 Å². The topological polar surface area (TPSA) is 68.7 Å². The summed E-state index contributed by atoms with van der Waals surface area (Å²) in [5, 5.41) is 10.3. The van der Waals surface area contributed by atoms with E-state index in [4.69, 9.17) is 16.3 Å². The second-order valence-corrected chi connectivity index (χ2v) is 3.92. The molecule has 6 heteroatoms. The minimum Gasteiger partial charge on any atom is -0.506 e. The molecule has 94 valence electrons. The first-order valence-electron chi connectivity index (χ1n) is 5.02. The third kappa shape index (κ3) is 1.93. The Morgan fingerprint density at radius 3 is 2.72 bits per heavy atom. The lowest BCUT2D eigenvalue weighted by molar-refractivity contribution is 0.0597. The largest absolute Gasteiger partial charge is 0.506 e. The van der Waals surface area contributed by atoms with Crippen molar-refractivity contribution in [3.8, 4) is 11.5 Å². The highest BCUT2D eigenvalue weighted by molar-refractivity contribution is 6.33. The number of halogens is 1. The van der Waals surface area contributed by atoms with Crippen molar-refractivity contribution in [2.75, 3.05) is 14.2 Å². The molecule has 1 aromatic heterocycles. The van der Waals surface area contributed by atoms with Crippen molar-refractivity contribution in [1.82, 2.24) is 4.98 Å². The highest BCUT2D eigenvalue weighted by Crippen LogP contribution is 2.34. The summed E-state index contributed by atoms with van der Waals surface area (Å²) in [7, 11) is 2.70. The van der Waals surface area contributed by atoms with Crippen LogP contribution in [0.4, 0.5) is 0 Å². The molecule has 5 nitrogen and oxygen atoms in total. The lowest BCUT2D eigenvalue weighted by Gasteiger charge is -2.09. The second-order valence-electron chi connectivity index (χ2n) is 3.52. The van der Waals surface area contributed by atoms with Crippen LogP contribution in [-0.2, 0) is 4.74 Å². The van der Waals surface area contributed by atoms with Crippen LogP contribution in [0.1, 0.15) is 10.4 Å².